The Morgan fingerprint density at radius 1 is 1.13 bits per heavy atom. The van der Waals surface area contributed by atoms with Gasteiger partial charge in [0, 0.05) is 5.56 Å². The maximum Gasteiger partial charge on any atom is 0.257 e. The highest BCUT2D eigenvalue weighted by Gasteiger charge is 2.12. The van der Waals surface area contributed by atoms with Crippen molar-refractivity contribution in [1.29, 1.82) is 0 Å². The summed E-state index contributed by atoms with van der Waals surface area (Å²) >= 11 is 1.40. The normalized spacial score (nSPS) is 11.0. The number of H-pyrrole nitrogens is 1. The minimum Gasteiger partial charge on any atom is -0.497 e. The second-order valence-corrected chi connectivity index (χ2v) is 5.86. The summed E-state index contributed by atoms with van der Waals surface area (Å²) in [5.41, 5.74) is 2.68. The van der Waals surface area contributed by atoms with Crippen molar-refractivity contribution in [3.05, 3.63) is 42.0 Å². The third kappa shape index (κ3) is 2.49. The lowest BCUT2D eigenvalue weighted by Gasteiger charge is -2.00. The van der Waals surface area contributed by atoms with Crippen molar-refractivity contribution >= 4 is 43.6 Å². The van der Waals surface area contributed by atoms with Crippen LogP contribution in [0.25, 0.3) is 21.3 Å². The van der Waals surface area contributed by atoms with Gasteiger partial charge in [-0.3, -0.25) is 10.1 Å². The van der Waals surface area contributed by atoms with Crippen LogP contribution in [-0.4, -0.2) is 33.4 Å². The van der Waals surface area contributed by atoms with Crippen LogP contribution in [-0.2, 0) is 0 Å². The molecule has 2 heterocycles. The molecule has 0 aliphatic carbocycles. The fourth-order valence-electron chi connectivity index (χ4n) is 2.24. The van der Waals surface area contributed by atoms with Crippen LogP contribution < -0.4 is 10.1 Å². The molecule has 2 aromatic heterocycles. The van der Waals surface area contributed by atoms with Crippen molar-refractivity contribution in [2.45, 2.75) is 0 Å². The molecule has 23 heavy (non-hydrogen) atoms. The average Bonchev–Trinajstić information content (AvgIpc) is 3.18. The minimum absolute atomic E-state index is 0.235. The van der Waals surface area contributed by atoms with Crippen molar-refractivity contribution in [2.75, 3.05) is 12.4 Å². The van der Waals surface area contributed by atoms with Gasteiger partial charge in [0.25, 0.3) is 5.91 Å². The molecule has 4 rings (SSSR count). The van der Waals surface area contributed by atoms with E-state index >= 15 is 0 Å². The van der Waals surface area contributed by atoms with Gasteiger partial charge in [-0.05, 0) is 36.4 Å². The number of aromatic amines is 1. The zero-order valence-electron chi connectivity index (χ0n) is 12.0. The summed E-state index contributed by atoms with van der Waals surface area (Å²) in [5, 5.41) is 13.8. The SMILES string of the molecule is COc1ccc2nc(NC(=O)c3ccc4n[nH]nc4c3)sc2c1. The highest BCUT2D eigenvalue weighted by Crippen LogP contribution is 2.29. The molecule has 8 heteroatoms. The van der Waals surface area contributed by atoms with Gasteiger partial charge >= 0.3 is 0 Å². The van der Waals surface area contributed by atoms with Crippen LogP contribution in [0.4, 0.5) is 5.13 Å². The smallest absolute Gasteiger partial charge is 0.257 e. The van der Waals surface area contributed by atoms with Gasteiger partial charge in [-0.25, -0.2) is 4.98 Å². The Kier molecular flexibility index (Phi) is 3.16. The third-order valence-corrected chi connectivity index (χ3v) is 4.33. The molecule has 0 atom stereocenters. The molecule has 0 unspecified atom stereocenters. The monoisotopic (exact) mass is 325 g/mol. The number of nitrogens with zero attached hydrogens (tertiary/aromatic N) is 3. The van der Waals surface area contributed by atoms with Gasteiger partial charge in [0.05, 0.1) is 17.3 Å². The molecule has 7 nitrogen and oxygen atoms in total. The molecule has 2 aromatic carbocycles. The summed E-state index contributed by atoms with van der Waals surface area (Å²) in [5.74, 6) is 0.524. The highest BCUT2D eigenvalue weighted by atomic mass is 32.1. The van der Waals surface area contributed by atoms with Crippen LogP contribution in [0, 0.1) is 0 Å². The summed E-state index contributed by atoms with van der Waals surface area (Å²) in [6.07, 6.45) is 0. The Hall–Kier alpha value is -3.00. The molecule has 0 fully saturated rings. The summed E-state index contributed by atoms with van der Waals surface area (Å²) in [6, 6.07) is 10.7. The number of hydrogen-bond acceptors (Lipinski definition) is 6. The fraction of sp³-hybridized carbons (Fsp3) is 0.0667. The van der Waals surface area contributed by atoms with Gasteiger partial charge in [0.2, 0.25) is 0 Å². The number of amides is 1. The molecule has 0 saturated carbocycles. The van der Waals surface area contributed by atoms with Gasteiger partial charge in [0.1, 0.15) is 16.8 Å². The number of rotatable bonds is 3. The second-order valence-electron chi connectivity index (χ2n) is 4.83. The molecule has 0 aliphatic heterocycles. The number of anilines is 1. The number of methoxy groups -OCH3 is 1. The quantitative estimate of drug-likeness (QED) is 0.604. The molecule has 0 saturated heterocycles. The Labute approximate surface area is 134 Å². The Balaban J connectivity index is 1.62. The van der Waals surface area contributed by atoms with Crippen LogP contribution in [0.2, 0.25) is 0 Å². The Morgan fingerprint density at radius 3 is 2.83 bits per heavy atom. The number of fused-ring (bicyclic) bond motifs is 2. The van der Waals surface area contributed by atoms with E-state index in [1.54, 1.807) is 25.3 Å². The standard InChI is InChI=1S/C15H11N5O2S/c1-22-9-3-5-11-13(7-9)23-15(16-11)17-14(21)8-2-4-10-12(6-8)19-20-18-10/h2-7H,1H3,(H,16,17,21)(H,18,19,20). The topological polar surface area (TPSA) is 92.8 Å². The van der Waals surface area contributed by atoms with E-state index in [0.29, 0.717) is 21.7 Å². The van der Waals surface area contributed by atoms with Crippen molar-refractivity contribution in [3.8, 4) is 5.75 Å². The van der Waals surface area contributed by atoms with Gasteiger partial charge in [-0.1, -0.05) is 11.3 Å². The van der Waals surface area contributed by atoms with E-state index in [9.17, 15) is 4.79 Å². The van der Waals surface area contributed by atoms with Crippen LogP contribution >= 0.6 is 11.3 Å². The first-order valence-electron chi connectivity index (χ1n) is 6.79. The van der Waals surface area contributed by atoms with E-state index in [0.717, 1.165) is 16.0 Å². The molecule has 1 amide bonds. The first-order chi connectivity index (χ1) is 11.2. The predicted octanol–water partition coefficient (Wildman–Crippen LogP) is 2.83. The zero-order chi connectivity index (χ0) is 15.8. The van der Waals surface area contributed by atoms with E-state index < -0.39 is 0 Å². The lowest BCUT2D eigenvalue weighted by atomic mass is 10.2. The largest absolute Gasteiger partial charge is 0.497 e. The maximum absolute atomic E-state index is 12.4. The number of benzene rings is 2. The lowest BCUT2D eigenvalue weighted by molar-refractivity contribution is 0.102. The number of nitrogens with one attached hydrogen (secondary N) is 2. The Morgan fingerprint density at radius 2 is 1.96 bits per heavy atom. The molecule has 114 valence electrons. The van der Waals surface area contributed by atoms with Crippen LogP contribution in [0.3, 0.4) is 0 Å². The molecule has 0 aliphatic rings. The summed E-state index contributed by atoms with van der Waals surface area (Å²) in [6.45, 7) is 0. The number of hydrogen-bond donors (Lipinski definition) is 2. The molecule has 0 radical (unpaired) electrons. The molecular weight excluding hydrogens is 314 g/mol. The van der Waals surface area contributed by atoms with Crippen LogP contribution in [0.1, 0.15) is 10.4 Å². The molecule has 2 N–H and O–H groups in total. The van der Waals surface area contributed by atoms with Crippen molar-refractivity contribution < 1.29 is 9.53 Å². The van der Waals surface area contributed by atoms with E-state index in [-0.39, 0.29) is 5.91 Å². The van der Waals surface area contributed by atoms with Gasteiger partial charge in [-0.2, -0.15) is 15.4 Å². The highest BCUT2D eigenvalue weighted by molar-refractivity contribution is 7.22. The molecule has 0 spiro atoms. The van der Waals surface area contributed by atoms with E-state index in [4.69, 9.17) is 4.74 Å². The summed E-state index contributed by atoms with van der Waals surface area (Å²) in [4.78, 5) is 16.8. The van der Waals surface area contributed by atoms with Crippen molar-refractivity contribution in [3.63, 3.8) is 0 Å². The number of aromatic nitrogens is 4. The number of carbonyl (C=O) groups is 1. The van der Waals surface area contributed by atoms with Gasteiger partial charge in [0.15, 0.2) is 5.13 Å². The van der Waals surface area contributed by atoms with Gasteiger partial charge in [-0.15, -0.1) is 0 Å². The van der Waals surface area contributed by atoms with Crippen LogP contribution in [0.15, 0.2) is 36.4 Å². The van der Waals surface area contributed by atoms with Crippen LogP contribution in [0.5, 0.6) is 5.75 Å². The third-order valence-electron chi connectivity index (χ3n) is 3.39. The lowest BCUT2D eigenvalue weighted by Crippen LogP contribution is -2.11. The van der Waals surface area contributed by atoms with Crippen molar-refractivity contribution in [2.24, 2.45) is 0 Å². The Bertz CT molecular complexity index is 1020. The van der Waals surface area contributed by atoms with E-state index in [2.05, 4.69) is 25.7 Å². The van der Waals surface area contributed by atoms with Gasteiger partial charge < -0.3 is 4.74 Å². The average molecular weight is 325 g/mol. The number of thiazole rings is 1. The maximum atomic E-state index is 12.4. The summed E-state index contributed by atoms with van der Waals surface area (Å²) < 4.78 is 6.14. The summed E-state index contributed by atoms with van der Waals surface area (Å²) in [7, 11) is 1.62. The first-order valence-corrected chi connectivity index (χ1v) is 7.61. The molecule has 4 aromatic rings. The molecule has 0 bridgehead atoms. The van der Waals surface area contributed by atoms with Crippen molar-refractivity contribution in [1.82, 2.24) is 20.4 Å². The van der Waals surface area contributed by atoms with E-state index in [1.807, 2.05) is 18.2 Å². The first kappa shape index (κ1) is 13.6. The fourth-order valence-corrected chi connectivity index (χ4v) is 3.13. The number of ether oxygens (including phenoxy) is 1. The zero-order valence-corrected chi connectivity index (χ0v) is 12.8. The van der Waals surface area contributed by atoms with E-state index in [1.165, 1.54) is 11.3 Å². The predicted molar refractivity (Wildman–Crippen MR) is 88.0 cm³/mol. The second kappa shape index (κ2) is 5.33. The number of carbonyl (C=O) groups excluding carboxylic acids is 1. The molecular formula is C15H11N5O2S. The minimum atomic E-state index is -0.235.